The number of carbonyl (C=O) groups excluding carboxylic acids is 1. The summed E-state index contributed by atoms with van der Waals surface area (Å²) >= 11 is 5.55. The quantitative estimate of drug-likeness (QED) is 0.880. The van der Waals surface area contributed by atoms with Crippen molar-refractivity contribution < 1.29 is 26.4 Å². The lowest BCUT2D eigenvalue weighted by Crippen LogP contribution is -2.39. The molecular formula is C14H15ClF3NO3S. The first kappa shape index (κ1) is 18.1. The van der Waals surface area contributed by atoms with Gasteiger partial charge in [0.1, 0.15) is 5.25 Å². The fraction of sp³-hybridized carbons (Fsp3) is 0.500. The Bertz CT molecular complexity index is 718. The average Bonchev–Trinajstić information content (AvgIpc) is 2.39. The Labute approximate surface area is 137 Å². The van der Waals surface area contributed by atoms with Crippen LogP contribution in [0.25, 0.3) is 0 Å². The van der Waals surface area contributed by atoms with E-state index in [1.165, 1.54) is 0 Å². The highest BCUT2D eigenvalue weighted by molar-refractivity contribution is 7.94. The molecule has 0 spiro atoms. The minimum atomic E-state index is -4.77. The van der Waals surface area contributed by atoms with Gasteiger partial charge in [0.25, 0.3) is 0 Å². The zero-order valence-corrected chi connectivity index (χ0v) is 13.7. The molecule has 0 radical (unpaired) electrons. The highest BCUT2D eigenvalue weighted by atomic mass is 35.5. The van der Waals surface area contributed by atoms with E-state index in [-0.39, 0.29) is 23.8 Å². The highest BCUT2D eigenvalue weighted by Crippen LogP contribution is 2.37. The summed E-state index contributed by atoms with van der Waals surface area (Å²) in [5.74, 6) is -0.394. The van der Waals surface area contributed by atoms with Crippen LogP contribution in [0.3, 0.4) is 0 Å². The zero-order valence-electron chi connectivity index (χ0n) is 12.2. The maximum absolute atomic E-state index is 13.0. The van der Waals surface area contributed by atoms with Gasteiger partial charge in [0.2, 0.25) is 10.0 Å². The van der Waals surface area contributed by atoms with E-state index in [1.54, 1.807) is 0 Å². The molecular weight excluding hydrogens is 355 g/mol. The van der Waals surface area contributed by atoms with Crippen LogP contribution >= 0.6 is 11.6 Å². The Morgan fingerprint density at radius 1 is 1.26 bits per heavy atom. The fourth-order valence-corrected chi connectivity index (χ4v) is 4.25. The molecule has 23 heavy (non-hydrogen) atoms. The lowest BCUT2D eigenvalue weighted by atomic mass is 9.89. The van der Waals surface area contributed by atoms with Crippen LogP contribution in [0, 0.1) is 5.92 Å². The summed E-state index contributed by atoms with van der Waals surface area (Å²) in [4.78, 5) is 11.9. The smallest absolute Gasteiger partial charge is 0.298 e. The number of anilines is 1. The number of ketones is 1. The number of carbonyl (C=O) groups is 1. The lowest BCUT2D eigenvalue weighted by molar-refractivity contribution is -0.136. The van der Waals surface area contributed by atoms with Crippen molar-refractivity contribution in [1.82, 2.24) is 0 Å². The second-order valence-corrected chi connectivity index (χ2v) is 7.98. The van der Waals surface area contributed by atoms with Crippen LogP contribution in [0.5, 0.6) is 0 Å². The summed E-state index contributed by atoms with van der Waals surface area (Å²) in [5.41, 5.74) is -1.82. The van der Waals surface area contributed by atoms with E-state index in [0.717, 1.165) is 12.1 Å². The topological polar surface area (TPSA) is 63.2 Å². The third kappa shape index (κ3) is 4.17. The van der Waals surface area contributed by atoms with Crippen LogP contribution in [-0.4, -0.2) is 19.5 Å². The molecule has 1 aliphatic carbocycles. The minimum absolute atomic E-state index is 0.0789. The van der Waals surface area contributed by atoms with Crippen molar-refractivity contribution >= 4 is 33.1 Å². The summed E-state index contributed by atoms with van der Waals surface area (Å²) in [6.07, 6.45) is -4.03. The molecule has 4 nitrogen and oxygen atoms in total. The first-order chi connectivity index (χ1) is 10.5. The molecule has 128 valence electrons. The molecule has 1 N–H and O–H groups in total. The van der Waals surface area contributed by atoms with Gasteiger partial charge in [-0.15, -0.1) is 0 Å². The molecule has 1 aromatic carbocycles. The van der Waals surface area contributed by atoms with Crippen molar-refractivity contribution in [2.45, 2.75) is 37.6 Å². The van der Waals surface area contributed by atoms with Crippen LogP contribution in [0.2, 0.25) is 5.02 Å². The minimum Gasteiger partial charge on any atom is -0.298 e. The largest absolute Gasteiger partial charge is 0.418 e. The lowest BCUT2D eigenvalue weighted by Gasteiger charge is -2.25. The molecule has 0 saturated heterocycles. The molecule has 0 aromatic heterocycles. The van der Waals surface area contributed by atoms with E-state index in [1.807, 2.05) is 11.6 Å². The van der Waals surface area contributed by atoms with E-state index >= 15 is 0 Å². The van der Waals surface area contributed by atoms with Crippen LogP contribution in [0.4, 0.5) is 18.9 Å². The van der Waals surface area contributed by atoms with Gasteiger partial charge in [0, 0.05) is 11.4 Å². The van der Waals surface area contributed by atoms with Crippen molar-refractivity contribution in [1.29, 1.82) is 0 Å². The first-order valence-electron chi connectivity index (χ1n) is 6.92. The zero-order chi connectivity index (χ0) is 17.4. The summed E-state index contributed by atoms with van der Waals surface area (Å²) < 4.78 is 65.6. The second kappa shape index (κ2) is 6.32. The Kier molecular flexibility index (Phi) is 4.96. The Morgan fingerprint density at radius 2 is 1.91 bits per heavy atom. The number of sulfonamides is 1. The second-order valence-electron chi connectivity index (χ2n) is 5.68. The third-order valence-electron chi connectivity index (χ3n) is 3.74. The normalized spacial score (nSPS) is 22.9. The molecule has 1 saturated carbocycles. The summed E-state index contributed by atoms with van der Waals surface area (Å²) in [7, 11) is -4.25. The van der Waals surface area contributed by atoms with Crippen molar-refractivity contribution in [3.8, 4) is 0 Å². The van der Waals surface area contributed by atoms with Crippen LogP contribution in [-0.2, 0) is 21.0 Å². The molecule has 1 fully saturated rings. The summed E-state index contributed by atoms with van der Waals surface area (Å²) in [5, 5.41) is -1.49. The number of nitrogens with one attached hydrogen (secondary N) is 1. The van der Waals surface area contributed by atoms with Crippen molar-refractivity contribution in [3.05, 3.63) is 28.8 Å². The molecule has 0 amide bonds. The standard InChI is InChI=1S/C14H15ClF3NO3S/c1-8-2-5-13(12(20)6-8)23(21,22)19-11-4-3-9(15)7-10(11)14(16,17)18/h3-4,7-8,13,19H,2,5-6H2,1H3. The van der Waals surface area contributed by atoms with Gasteiger partial charge < -0.3 is 0 Å². The average molecular weight is 370 g/mol. The van der Waals surface area contributed by atoms with E-state index in [4.69, 9.17) is 11.6 Å². The number of alkyl halides is 3. The maximum atomic E-state index is 13.0. The maximum Gasteiger partial charge on any atom is 0.418 e. The number of rotatable bonds is 3. The van der Waals surface area contributed by atoms with E-state index in [2.05, 4.69) is 0 Å². The summed E-state index contributed by atoms with van der Waals surface area (Å²) in [6.45, 7) is 1.83. The van der Waals surface area contributed by atoms with Gasteiger partial charge in [0.15, 0.2) is 5.78 Å². The van der Waals surface area contributed by atoms with Crippen LogP contribution < -0.4 is 4.72 Å². The van der Waals surface area contributed by atoms with Crippen molar-refractivity contribution in [3.63, 3.8) is 0 Å². The monoisotopic (exact) mass is 369 g/mol. The molecule has 0 aliphatic heterocycles. The first-order valence-corrected chi connectivity index (χ1v) is 8.84. The van der Waals surface area contributed by atoms with Crippen LogP contribution in [0.1, 0.15) is 31.7 Å². The SMILES string of the molecule is CC1CCC(S(=O)(=O)Nc2ccc(Cl)cc2C(F)(F)F)C(=O)C1. The number of benzene rings is 1. The number of hydrogen-bond donors (Lipinski definition) is 1. The third-order valence-corrected chi connectivity index (χ3v) is 5.73. The van der Waals surface area contributed by atoms with Crippen molar-refractivity contribution in [2.24, 2.45) is 5.92 Å². The molecule has 1 aromatic rings. The van der Waals surface area contributed by atoms with Gasteiger partial charge in [-0.2, -0.15) is 13.2 Å². The summed E-state index contributed by atoms with van der Waals surface area (Å²) in [6, 6.07) is 2.74. The van der Waals surface area contributed by atoms with Gasteiger partial charge in [0.05, 0.1) is 11.3 Å². The molecule has 2 unspecified atom stereocenters. The predicted octanol–water partition coefficient (Wildman–Crippen LogP) is 3.86. The highest BCUT2D eigenvalue weighted by Gasteiger charge is 2.39. The molecule has 2 rings (SSSR count). The van der Waals surface area contributed by atoms with Crippen LogP contribution in [0.15, 0.2) is 18.2 Å². The molecule has 0 heterocycles. The fourth-order valence-electron chi connectivity index (χ4n) is 2.57. The molecule has 9 heteroatoms. The van der Waals surface area contributed by atoms with Crippen molar-refractivity contribution in [2.75, 3.05) is 4.72 Å². The van der Waals surface area contributed by atoms with E-state index in [0.29, 0.717) is 12.5 Å². The van der Waals surface area contributed by atoms with Gasteiger partial charge in [-0.05, 0) is 37.0 Å². The van der Waals surface area contributed by atoms with Gasteiger partial charge in [-0.3, -0.25) is 9.52 Å². The van der Waals surface area contributed by atoms with Gasteiger partial charge >= 0.3 is 6.18 Å². The Hall–Kier alpha value is -1.28. The molecule has 0 bridgehead atoms. The van der Waals surface area contributed by atoms with E-state index < -0.39 is 38.5 Å². The number of hydrogen-bond acceptors (Lipinski definition) is 3. The molecule has 1 aliphatic rings. The molecule has 2 atom stereocenters. The van der Waals surface area contributed by atoms with Gasteiger partial charge in [-0.1, -0.05) is 18.5 Å². The number of halogens is 4. The van der Waals surface area contributed by atoms with Gasteiger partial charge in [-0.25, -0.2) is 8.42 Å². The number of Topliss-reactive ketones (excluding diaryl/α,β-unsaturated/α-hetero) is 1. The predicted molar refractivity (Wildman–Crippen MR) is 80.8 cm³/mol. The Morgan fingerprint density at radius 3 is 2.48 bits per heavy atom. The Balaban J connectivity index is 2.33. The van der Waals surface area contributed by atoms with E-state index in [9.17, 15) is 26.4 Å².